The summed E-state index contributed by atoms with van der Waals surface area (Å²) in [7, 11) is 0. The van der Waals surface area contributed by atoms with Gasteiger partial charge in [0, 0.05) is 51.4 Å². The van der Waals surface area contributed by atoms with Crippen molar-refractivity contribution < 1.29 is 18.4 Å². The van der Waals surface area contributed by atoms with Crippen LogP contribution in [0.2, 0.25) is 0 Å². The first-order chi connectivity index (χ1) is 18.7. The van der Waals surface area contributed by atoms with Crippen LogP contribution >= 0.6 is 0 Å². The van der Waals surface area contributed by atoms with Crippen molar-refractivity contribution in [2.75, 3.05) is 32.7 Å². The fourth-order valence-electron chi connectivity index (χ4n) is 7.53. The maximum atomic E-state index is 15.5. The van der Waals surface area contributed by atoms with E-state index in [9.17, 15) is 14.0 Å². The molecule has 0 saturated carbocycles. The van der Waals surface area contributed by atoms with Crippen LogP contribution in [0, 0.1) is 11.3 Å². The molecule has 4 aliphatic rings. The summed E-state index contributed by atoms with van der Waals surface area (Å²) in [6.07, 6.45) is 4.82. The molecule has 11 heteroatoms. The van der Waals surface area contributed by atoms with Crippen molar-refractivity contribution in [2.45, 2.75) is 114 Å². The SMILES string of the molecule is CCCC1(CC)CCC(F)/C=N\C(C(C(=O)NC2CNCC(F)C2N2CCN3C(=O)CCC[C@H]3C2)C(N)N)C1. The van der Waals surface area contributed by atoms with Gasteiger partial charge >= 0.3 is 0 Å². The Morgan fingerprint density at radius 1 is 1.26 bits per heavy atom. The third-order valence-electron chi connectivity index (χ3n) is 9.69. The molecule has 4 heterocycles. The number of nitrogens with two attached hydrogens (primary N) is 2. The van der Waals surface area contributed by atoms with Gasteiger partial charge in [-0.15, -0.1) is 0 Å². The normalized spacial score (nSPS) is 38.0. The number of halogens is 2. The van der Waals surface area contributed by atoms with Gasteiger partial charge in [-0.3, -0.25) is 19.5 Å². The average molecular weight is 554 g/mol. The van der Waals surface area contributed by atoms with Crippen molar-refractivity contribution in [3.8, 4) is 0 Å². The number of fused-ring (bicyclic) bond motifs is 1. The van der Waals surface area contributed by atoms with Gasteiger partial charge in [-0.1, -0.05) is 26.7 Å². The summed E-state index contributed by atoms with van der Waals surface area (Å²) >= 11 is 0. The highest BCUT2D eigenvalue weighted by Crippen LogP contribution is 2.42. The van der Waals surface area contributed by atoms with Crippen molar-refractivity contribution in [2.24, 2.45) is 27.8 Å². The number of hydrogen-bond donors (Lipinski definition) is 4. The van der Waals surface area contributed by atoms with E-state index < -0.39 is 42.6 Å². The minimum absolute atomic E-state index is 0.0855. The number of piperazine rings is 1. The van der Waals surface area contributed by atoms with Crippen LogP contribution in [0.15, 0.2) is 4.99 Å². The molecule has 0 spiro atoms. The zero-order valence-electron chi connectivity index (χ0n) is 23.7. The summed E-state index contributed by atoms with van der Waals surface area (Å²) in [5.41, 5.74) is 12.3. The maximum Gasteiger partial charge on any atom is 0.228 e. The number of carbonyl (C=O) groups is 2. The smallest absolute Gasteiger partial charge is 0.228 e. The molecule has 0 aliphatic carbocycles. The molecule has 8 atom stereocenters. The lowest BCUT2D eigenvalue weighted by atomic mass is 9.69. The van der Waals surface area contributed by atoms with E-state index in [1.54, 1.807) is 0 Å². The standard InChI is InChI=1S/C28H49F2N7O2/c1-3-9-28(4-2)10-8-18(29)14-34-21(13-28)24(26(31)32)27(39)35-22-16-33-15-20(30)25(22)36-11-12-37-19(17-36)6-5-7-23(37)38/h14,18-22,24-26,33H,3-13,15-17,31-32H2,1-2H3,(H,35,39)/b34-14-/t18?,19-,20?,21?,22?,24?,25?,28?/m0/s1. The van der Waals surface area contributed by atoms with E-state index in [0.717, 1.165) is 38.5 Å². The van der Waals surface area contributed by atoms with E-state index in [1.807, 2.05) is 4.90 Å². The zero-order chi connectivity index (χ0) is 28.2. The third-order valence-corrected chi connectivity index (χ3v) is 9.69. The predicted molar refractivity (Wildman–Crippen MR) is 149 cm³/mol. The molecule has 0 radical (unpaired) electrons. The fraction of sp³-hybridized carbons (Fsp3) is 0.893. The van der Waals surface area contributed by atoms with Gasteiger partial charge in [0.25, 0.3) is 0 Å². The van der Waals surface area contributed by atoms with Crippen molar-refractivity contribution >= 4 is 18.0 Å². The fourth-order valence-corrected chi connectivity index (χ4v) is 7.53. The second-order valence-corrected chi connectivity index (χ2v) is 12.2. The van der Waals surface area contributed by atoms with Crippen LogP contribution in [0.1, 0.15) is 71.6 Å². The van der Waals surface area contributed by atoms with Gasteiger partial charge in [-0.25, -0.2) is 8.78 Å². The lowest BCUT2D eigenvalue weighted by Gasteiger charge is -2.50. The molecule has 9 nitrogen and oxygen atoms in total. The molecule has 39 heavy (non-hydrogen) atoms. The van der Waals surface area contributed by atoms with E-state index in [4.69, 9.17) is 11.5 Å². The first-order valence-electron chi connectivity index (χ1n) is 15.0. The molecule has 222 valence electrons. The first kappa shape index (κ1) is 30.3. The van der Waals surface area contributed by atoms with E-state index in [-0.39, 0.29) is 29.8 Å². The molecule has 0 bridgehead atoms. The van der Waals surface area contributed by atoms with Crippen LogP contribution in [0.5, 0.6) is 0 Å². The summed E-state index contributed by atoms with van der Waals surface area (Å²) < 4.78 is 30.1. The van der Waals surface area contributed by atoms with Gasteiger partial charge in [0.2, 0.25) is 11.8 Å². The predicted octanol–water partition coefficient (Wildman–Crippen LogP) is 1.50. The third kappa shape index (κ3) is 6.97. The second kappa shape index (κ2) is 13.3. The van der Waals surface area contributed by atoms with E-state index in [0.29, 0.717) is 45.4 Å². The van der Waals surface area contributed by atoms with Crippen LogP contribution in [-0.4, -0.2) is 103 Å². The highest BCUT2D eigenvalue weighted by Gasteiger charge is 2.45. The summed E-state index contributed by atoms with van der Waals surface area (Å²) in [6.45, 7) is 6.61. The highest BCUT2D eigenvalue weighted by atomic mass is 19.1. The van der Waals surface area contributed by atoms with E-state index in [1.165, 1.54) is 6.21 Å². The van der Waals surface area contributed by atoms with Crippen LogP contribution < -0.4 is 22.1 Å². The number of nitrogens with zero attached hydrogens (tertiary/aromatic N) is 3. The summed E-state index contributed by atoms with van der Waals surface area (Å²) in [5.74, 6) is -1.04. The maximum absolute atomic E-state index is 15.5. The molecule has 0 aromatic carbocycles. The topological polar surface area (TPSA) is 129 Å². The summed E-state index contributed by atoms with van der Waals surface area (Å²) in [6, 6.07) is -1.48. The van der Waals surface area contributed by atoms with E-state index >= 15 is 4.39 Å². The average Bonchev–Trinajstić information content (AvgIpc) is 2.89. The summed E-state index contributed by atoms with van der Waals surface area (Å²) in [4.78, 5) is 34.8. The monoisotopic (exact) mass is 553 g/mol. The number of rotatable bonds is 8. The van der Waals surface area contributed by atoms with Gasteiger partial charge in [0.15, 0.2) is 0 Å². The quantitative estimate of drug-likeness (QED) is 0.337. The zero-order valence-corrected chi connectivity index (χ0v) is 23.7. The van der Waals surface area contributed by atoms with Crippen LogP contribution in [0.25, 0.3) is 0 Å². The Morgan fingerprint density at radius 3 is 2.77 bits per heavy atom. The molecular formula is C28H49F2N7O2. The molecular weight excluding hydrogens is 504 g/mol. The van der Waals surface area contributed by atoms with Gasteiger partial charge in [0.05, 0.1) is 30.2 Å². The van der Waals surface area contributed by atoms with Crippen LogP contribution in [0.3, 0.4) is 0 Å². The minimum atomic E-state index is -1.18. The number of carbonyl (C=O) groups excluding carboxylic acids is 2. The molecule has 0 aromatic heterocycles. The molecule has 0 aromatic rings. The molecule has 7 unspecified atom stereocenters. The van der Waals surface area contributed by atoms with Gasteiger partial charge < -0.3 is 27.0 Å². The molecule has 3 saturated heterocycles. The lowest BCUT2D eigenvalue weighted by molar-refractivity contribution is -0.141. The Kier molecular flexibility index (Phi) is 10.3. The molecule has 3 fully saturated rings. The van der Waals surface area contributed by atoms with Crippen molar-refractivity contribution in [3.05, 3.63) is 0 Å². The summed E-state index contributed by atoms with van der Waals surface area (Å²) in [5, 5.41) is 6.20. The number of nitrogens with one attached hydrogen (secondary N) is 2. The highest BCUT2D eigenvalue weighted by molar-refractivity contribution is 5.81. The number of piperidine rings is 2. The Balaban J connectivity index is 1.52. The Bertz CT molecular complexity index is 877. The van der Waals surface area contributed by atoms with Crippen molar-refractivity contribution in [1.29, 1.82) is 0 Å². The first-order valence-corrected chi connectivity index (χ1v) is 15.0. The molecule has 4 rings (SSSR count). The molecule has 2 amide bonds. The van der Waals surface area contributed by atoms with Gasteiger partial charge in [0.1, 0.15) is 12.3 Å². The molecule has 4 aliphatic heterocycles. The largest absolute Gasteiger partial charge is 0.350 e. The minimum Gasteiger partial charge on any atom is -0.350 e. The van der Waals surface area contributed by atoms with Gasteiger partial charge in [-0.05, 0) is 43.9 Å². The van der Waals surface area contributed by atoms with Gasteiger partial charge in [-0.2, -0.15) is 0 Å². The lowest BCUT2D eigenvalue weighted by Crippen LogP contribution is -2.70. The van der Waals surface area contributed by atoms with Crippen LogP contribution in [0.4, 0.5) is 8.78 Å². The number of alkyl halides is 2. The van der Waals surface area contributed by atoms with Crippen molar-refractivity contribution in [3.63, 3.8) is 0 Å². The Hall–Kier alpha value is -1.69. The Morgan fingerprint density at radius 2 is 2.05 bits per heavy atom. The Labute approximate surface area is 231 Å². The molecule has 6 N–H and O–H groups in total. The van der Waals surface area contributed by atoms with E-state index in [2.05, 4.69) is 34.4 Å². The second-order valence-electron chi connectivity index (χ2n) is 12.2. The number of hydrogen-bond acceptors (Lipinski definition) is 7. The van der Waals surface area contributed by atoms with Crippen molar-refractivity contribution in [1.82, 2.24) is 20.4 Å². The van der Waals surface area contributed by atoms with Crippen LogP contribution in [-0.2, 0) is 9.59 Å². The number of aliphatic imine (C=N–C) groups is 1. The number of amides is 2.